The minimum Gasteiger partial charge on any atom is -0.465 e. The highest BCUT2D eigenvalue weighted by Crippen LogP contribution is 2.30. The quantitative estimate of drug-likeness (QED) is 0.630. The molecule has 136 valence electrons. The van der Waals surface area contributed by atoms with Gasteiger partial charge in [0, 0.05) is 16.8 Å². The number of thiophene rings is 1. The van der Waals surface area contributed by atoms with Crippen LogP contribution in [0, 0.1) is 0 Å². The molecule has 3 aromatic rings. The highest BCUT2D eigenvalue weighted by Gasteiger charge is 2.19. The smallest absolute Gasteiger partial charge is 0.337 e. The third kappa shape index (κ3) is 3.78. The van der Waals surface area contributed by atoms with Gasteiger partial charge in [-0.3, -0.25) is 0 Å². The summed E-state index contributed by atoms with van der Waals surface area (Å²) in [6.07, 6.45) is -0.963. The molecule has 0 aliphatic carbocycles. The number of nitrogens with one attached hydrogen (secondary N) is 1. The number of carbonyl (C=O) groups is 1. The molecular formula is C18H17NO5S2. The largest absolute Gasteiger partial charge is 0.465 e. The van der Waals surface area contributed by atoms with E-state index in [4.69, 9.17) is 0 Å². The lowest BCUT2D eigenvalue weighted by Gasteiger charge is -2.12. The van der Waals surface area contributed by atoms with E-state index in [1.54, 1.807) is 0 Å². The number of aliphatic hydroxyl groups is 1. The van der Waals surface area contributed by atoms with Crippen LogP contribution >= 0.6 is 11.3 Å². The Bertz CT molecular complexity index is 1030. The van der Waals surface area contributed by atoms with Crippen molar-refractivity contribution in [1.29, 1.82) is 0 Å². The zero-order valence-electron chi connectivity index (χ0n) is 13.9. The fraction of sp³-hybridized carbons (Fsp3) is 0.167. The summed E-state index contributed by atoms with van der Waals surface area (Å²) in [5.74, 6) is -0.540. The van der Waals surface area contributed by atoms with E-state index in [0.717, 1.165) is 10.1 Å². The highest BCUT2D eigenvalue weighted by molar-refractivity contribution is 7.89. The Hall–Kier alpha value is -2.26. The summed E-state index contributed by atoms with van der Waals surface area (Å²) >= 11 is 1.50. The highest BCUT2D eigenvalue weighted by atomic mass is 32.2. The Morgan fingerprint density at radius 2 is 1.88 bits per heavy atom. The maximum absolute atomic E-state index is 12.4. The first-order valence-electron chi connectivity index (χ1n) is 7.74. The standard InChI is InChI=1S/C18H17NO5S2/c1-24-18(21)12-6-8-13(9-7-12)26(22,23)19-10-16(20)15-11-25-17-5-3-2-4-14(15)17/h2-9,11,16,19-20H,10H2,1H3/t16-/m1/s1. The van der Waals surface area contributed by atoms with E-state index in [1.807, 2.05) is 29.6 Å². The molecule has 0 saturated heterocycles. The van der Waals surface area contributed by atoms with E-state index in [-0.39, 0.29) is 17.0 Å². The van der Waals surface area contributed by atoms with E-state index < -0.39 is 22.1 Å². The Kier molecular flexibility index (Phi) is 5.38. The van der Waals surface area contributed by atoms with Gasteiger partial charge in [0.25, 0.3) is 0 Å². The maximum Gasteiger partial charge on any atom is 0.337 e. The van der Waals surface area contributed by atoms with Gasteiger partial charge >= 0.3 is 5.97 Å². The molecule has 6 nitrogen and oxygen atoms in total. The van der Waals surface area contributed by atoms with Crippen molar-refractivity contribution >= 4 is 37.4 Å². The summed E-state index contributed by atoms with van der Waals surface area (Å²) < 4.78 is 32.8. The second-order valence-electron chi connectivity index (χ2n) is 5.57. The molecule has 0 saturated carbocycles. The Labute approximate surface area is 155 Å². The van der Waals surface area contributed by atoms with Crippen LogP contribution in [0.15, 0.2) is 58.8 Å². The van der Waals surface area contributed by atoms with E-state index in [9.17, 15) is 18.3 Å². The Balaban J connectivity index is 1.72. The van der Waals surface area contributed by atoms with E-state index >= 15 is 0 Å². The molecule has 0 aliphatic heterocycles. The molecule has 0 unspecified atom stereocenters. The van der Waals surface area contributed by atoms with Crippen molar-refractivity contribution in [3.8, 4) is 0 Å². The van der Waals surface area contributed by atoms with Crippen LogP contribution in [0.5, 0.6) is 0 Å². The molecular weight excluding hydrogens is 374 g/mol. The lowest BCUT2D eigenvalue weighted by Crippen LogP contribution is -2.28. The average molecular weight is 391 g/mol. The number of benzene rings is 2. The summed E-state index contributed by atoms with van der Waals surface area (Å²) in [5, 5.41) is 13.1. The number of rotatable bonds is 6. The molecule has 0 bridgehead atoms. The minimum atomic E-state index is -3.81. The van der Waals surface area contributed by atoms with Crippen molar-refractivity contribution in [2.45, 2.75) is 11.0 Å². The predicted molar refractivity (Wildman–Crippen MR) is 99.8 cm³/mol. The van der Waals surface area contributed by atoms with Gasteiger partial charge in [-0.2, -0.15) is 0 Å². The first kappa shape index (κ1) is 18.5. The number of fused-ring (bicyclic) bond motifs is 1. The molecule has 1 atom stereocenters. The summed E-state index contributed by atoms with van der Waals surface area (Å²) in [6, 6.07) is 13.0. The number of carbonyl (C=O) groups excluding carboxylic acids is 1. The molecule has 0 amide bonds. The van der Waals surface area contributed by atoms with Crippen molar-refractivity contribution in [3.05, 3.63) is 65.0 Å². The van der Waals surface area contributed by atoms with Crippen molar-refractivity contribution in [2.75, 3.05) is 13.7 Å². The third-order valence-electron chi connectivity index (χ3n) is 3.92. The van der Waals surface area contributed by atoms with Gasteiger partial charge in [-0.05, 0) is 41.1 Å². The van der Waals surface area contributed by atoms with Crippen LogP contribution in [-0.4, -0.2) is 33.1 Å². The van der Waals surface area contributed by atoms with Crippen molar-refractivity contribution in [1.82, 2.24) is 4.72 Å². The van der Waals surface area contributed by atoms with Crippen LogP contribution in [0.4, 0.5) is 0 Å². The van der Waals surface area contributed by atoms with Gasteiger partial charge in [0.05, 0.1) is 23.7 Å². The number of hydrogen-bond donors (Lipinski definition) is 2. The number of methoxy groups -OCH3 is 1. The summed E-state index contributed by atoms with van der Waals surface area (Å²) in [5.41, 5.74) is 0.950. The number of esters is 1. The molecule has 2 N–H and O–H groups in total. The predicted octanol–water partition coefficient (Wildman–Crippen LogP) is 2.70. The van der Waals surface area contributed by atoms with Gasteiger partial charge in [-0.1, -0.05) is 18.2 Å². The van der Waals surface area contributed by atoms with E-state index in [1.165, 1.54) is 42.7 Å². The van der Waals surface area contributed by atoms with Gasteiger partial charge in [0.1, 0.15) is 0 Å². The zero-order chi connectivity index (χ0) is 18.7. The van der Waals surface area contributed by atoms with Gasteiger partial charge in [0.15, 0.2) is 0 Å². The average Bonchev–Trinajstić information content (AvgIpc) is 3.10. The molecule has 2 aromatic carbocycles. The van der Waals surface area contributed by atoms with Crippen LogP contribution in [0.3, 0.4) is 0 Å². The van der Waals surface area contributed by atoms with Gasteiger partial charge in [0.2, 0.25) is 10.0 Å². The Morgan fingerprint density at radius 3 is 2.58 bits per heavy atom. The molecule has 8 heteroatoms. The summed E-state index contributed by atoms with van der Waals surface area (Å²) in [4.78, 5) is 11.4. The fourth-order valence-electron chi connectivity index (χ4n) is 2.53. The van der Waals surface area contributed by atoms with Gasteiger partial charge in [-0.25, -0.2) is 17.9 Å². The van der Waals surface area contributed by atoms with E-state index in [0.29, 0.717) is 5.56 Å². The second-order valence-corrected chi connectivity index (χ2v) is 8.25. The SMILES string of the molecule is COC(=O)c1ccc(S(=O)(=O)NC[C@@H](O)c2csc3ccccc23)cc1. The number of hydrogen-bond acceptors (Lipinski definition) is 6. The number of aliphatic hydroxyl groups excluding tert-OH is 1. The van der Waals surface area contributed by atoms with Crippen LogP contribution in [0.2, 0.25) is 0 Å². The van der Waals surface area contributed by atoms with Crippen LogP contribution in [-0.2, 0) is 14.8 Å². The maximum atomic E-state index is 12.4. The monoisotopic (exact) mass is 391 g/mol. The van der Waals surface area contributed by atoms with Crippen LogP contribution in [0.25, 0.3) is 10.1 Å². The summed E-state index contributed by atoms with van der Waals surface area (Å²) in [7, 11) is -2.55. The van der Waals surface area contributed by atoms with Gasteiger partial charge < -0.3 is 9.84 Å². The second kappa shape index (κ2) is 7.55. The van der Waals surface area contributed by atoms with Crippen molar-refractivity contribution in [2.24, 2.45) is 0 Å². The molecule has 0 fully saturated rings. The molecule has 0 aliphatic rings. The van der Waals surface area contributed by atoms with Crippen LogP contribution in [0.1, 0.15) is 22.0 Å². The topological polar surface area (TPSA) is 92.7 Å². The lowest BCUT2D eigenvalue weighted by molar-refractivity contribution is 0.0600. The Morgan fingerprint density at radius 1 is 1.19 bits per heavy atom. The van der Waals surface area contributed by atoms with Crippen molar-refractivity contribution < 1.29 is 23.1 Å². The van der Waals surface area contributed by atoms with Gasteiger partial charge in [-0.15, -0.1) is 11.3 Å². The number of sulfonamides is 1. The molecule has 1 aromatic heterocycles. The number of ether oxygens (including phenoxy) is 1. The van der Waals surface area contributed by atoms with E-state index in [2.05, 4.69) is 9.46 Å². The summed E-state index contributed by atoms with van der Waals surface area (Å²) in [6.45, 7) is -0.151. The lowest BCUT2D eigenvalue weighted by atomic mass is 10.1. The minimum absolute atomic E-state index is 0.00697. The first-order chi connectivity index (χ1) is 12.4. The third-order valence-corrected chi connectivity index (χ3v) is 6.34. The molecule has 3 rings (SSSR count). The fourth-order valence-corrected chi connectivity index (χ4v) is 4.57. The van der Waals surface area contributed by atoms with Crippen LogP contribution < -0.4 is 4.72 Å². The zero-order valence-corrected chi connectivity index (χ0v) is 15.5. The normalized spacial score (nSPS) is 12.8. The molecule has 26 heavy (non-hydrogen) atoms. The first-order valence-corrected chi connectivity index (χ1v) is 10.1. The molecule has 0 radical (unpaired) electrons. The molecule has 1 heterocycles. The molecule has 0 spiro atoms. The van der Waals surface area contributed by atoms with Crippen molar-refractivity contribution in [3.63, 3.8) is 0 Å².